The molecule has 0 fully saturated rings. The van der Waals surface area contributed by atoms with Gasteiger partial charge >= 0.3 is 12.1 Å². The Balaban J connectivity index is 0.00000441. The molecule has 0 atom stereocenters. The first-order valence-corrected chi connectivity index (χ1v) is 5.63. The number of nitrogens with two attached hydrogens (primary N) is 2. The van der Waals surface area contributed by atoms with Gasteiger partial charge in [0.1, 0.15) is 5.75 Å². The molecule has 0 aliphatic heterocycles. The molecule has 0 saturated heterocycles. The van der Waals surface area contributed by atoms with Gasteiger partial charge in [0.05, 0.1) is 16.1 Å². The lowest BCUT2D eigenvalue weighted by Gasteiger charge is -2.14. The van der Waals surface area contributed by atoms with E-state index in [9.17, 15) is 22.8 Å². The topological polar surface area (TPSA) is 108 Å². The molecule has 6 nitrogen and oxygen atoms in total. The Morgan fingerprint density at radius 3 is 2.23 bits per heavy atom. The summed E-state index contributed by atoms with van der Waals surface area (Å²) in [4.78, 5) is 25.5. The third kappa shape index (κ3) is 5.08. The van der Waals surface area contributed by atoms with Crippen LogP contribution in [-0.4, -0.2) is 17.8 Å². The Labute approximate surface area is 133 Å². The van der Waals surface area contributed by atoms with Gasteiger partial charge in [0.2, 0.25) is 0 Å². The van der Waals surface area contributed by atoms with Gasteiger partial charge in [-0.3, -0.25) is 9.59 Å². The number of carbonyl (C=O) groups excluding carboxylic acids is 2. The average molecular weight is 360 g/mol. The van der Waals surface area contributed by atoms with Gasteiger partial charge in [-0.25, -0.2) is 0 Å². The highest BCUT2D eigenvalue weighted by Gasteiger charge is 2.36. The Kier molecular flexibility index (Phi) is 6.65. The molecule has 11 heteroatoms. The SMILES string of the molecule is CC(=O)Oc1cc(Cl)c(C(=O)N=C(N)N)cc1C(F)(F)F.Cl. The molecule has 0 aliphatic rings. The first-order valence-electron chi connectivity index (χ1n) is 5.25. The van der Waals surface area contributed by atoms with Crippen LogP contribution < -0.4 is 16.2 Å². The Bertz CT molecular complexity index is 629. The number of ether oxygens (including phenoxy) is 1. The van der Waals surface area contributed by atoms with Crippen LogP contribution in [0.15, 0.2) is 17.1 Å². The molecule has 0 bridgehead atoms. The largest absolute Gasteiger partial charge is 0.426 e. The summed E-state index contributed by atoms with van der Waals surface area (Å²) in [5, 5.41) is -0.394. The molecule has 1 amide bonds. The van der Waals surface area contributed by atoms with Crippen molar-refractivity contribution in [1.29, 1.82) is 0 Å². The number of hydrogen-bond donors (Lipinski definition) is 2. The summed E-state index contributed by atoms with van der Waals surface area (Å²) >= 11 is 5.68. The maximum atomic E-state index is 12.9. The lowest BCUT2D eigenvalue weighted by atomic mass is 10.1. The molecule has 1 rings (SSSR count). The molecule has 1 aromatic carbocycles. The van der Waals surface area contributed by atoms with Crippen molar-refractivity contribution >= 4 is 41.8 Å². The highest BCUT2D eigenvalue weighted by Crippen LogP contribution is 2.39. The fourth-order valence-electron chi connectivity index (χ4n) is 1.36. The molecule has 0 radical (unpaired) electrons. The summed E-state index contributed by atoms with van der Waals surface area (Å²) in [6.07, 6.45) is -4.87. The molecule has 0 unspecified atom stereocenters. The van der Waals surface area contributed by atoms with E-state index in [2.05, 4.69) is 9.73 Å². The van der Waals surface area contributed by atoms with Crippen LogP contribution in [0.25, 0.3) is 0 Å². The van der Waals surface area contributed by atoms with Crippen molar-refractivity contribution in [3.63, 3.8) is 0 Å². The monoisotopic (exact) mass is 359 g/mol. The summed E-state index contributed by atoms with van der Waals surface area (Å²) in [5.74, 6) is -3.57. The number of nitrogens with zero attached hydrogens (tertiary/aromatic N) is 1. The van der Waals surface area contributed by atoms with Gasteiger partial charge in [0.25, 0.3) is 5.91 Å². The van der Waals surface area contributed by atoms with Crippen LogP contribution in [0, 0.1) is 0 Å². The van der Waals surface area contributed by atoms with E-state index < -0.39 is 45.9 Å². The van der Waals surface area contributed by atoms with E-state index in [1.54, 1.807) is 0 Å². The summed E-state index contributed by atoms with van der Waals surface area (Å²) in [6.45, 7) is 0.923. The van der Waals surface area contributed by atoms with Crippen molar-refractivity contribution in [1.82, 2.24) is 0 Å². The zero-order valence-electron chi connectivity index (χ0n) is 10.9. The van der Waals surface area contributed by atoms with Crippen molar-refractivity contribution in [2.45, 2.75) is 13.1 Å². The quantitative estimate of drug-likeness (QED) is 0.364. The van der Waals surface area contributed by atoms with Gasteiger partial charge in [-0.1, -0.05) is 11.6 Å². The number of hydrogen-bond acceptors (Lipinski definition) is 3. The second kappa shape index (κ2) is 7.32. The smallest absolute Gasteiger partial charge is 0.420 e. The second-order valence-electron chi connectivity index (χ2n) is 3.76. The molecule has 0 heterocycles. The number of carbonyl (C=O) groups is 2. The zero-order valence-corrected chi connectivity index (χ0v) is 12.5. The maximum absolute atomic E-state index is 12.9. The molecular formula is C11H10Cl2F3N3O3. The zero-order chi connectivity index (χ0) is 16.4. The first-order chi connectivity index (χ1) is 9.52. The molecule has 0 saturated carbocycles. The number of amides is 1. The van der Waals surface area contributed by atoms with Crippen LogP contribution in [0.5, 0.6) is 5.75 Å². The molecule has 122 valence electrons. The third-order valence-corrected chi connectivity index (χ3v) is 2.40. The van der Waals surface area contributed by atoms with Crippen molar-refractivity contribution in [2.24, 2.45) is 16.5 Å². The van der Waals surface area contributed by atoms with Crippen molar-refractivity contribution in [3.05, 3.63) is 28.3 Å². The van der Waals surface area contributed by atoms with Crippen LogP contribution in [0.4, 0.5) is 13.2 Å². The number of guanidine groups is 1. The van der Waals surface area contributed by atoms with E-state index in [4.69, 9.17) is 23.1 Å². The number of aliphatic imine (C=N–C) groups is 1. The number of rotatable bonds is 2. The average Bonchev–Trinajstić information content (AvgIpc) is 2.24. The number of halogens is 5. The van der Waals surface area contributed by atoms with Gasteiger partial charge in [-0.05, 0) is 6.07 Å². The highest BCUT2D eigenvalue weighted by atomic mass is 35.5. The van der Waals surface area contributed by atoms with Gasteiger partial charge in [0, 0.05) is 13.0 Å². The standard InChI is InChI=1S/C11H9ClF3N3O3.ClH/c1-4(19)21-8-3-7(12)5(9(20)18-10(16)17)2-6(8)11(13,14)15;/h2-3H,1H3,(H4,16,17,18,20);1H. The van der Waals surface area contributed by atoms with E-state index in [0.29, 0.717) is 12.1 Å². The van der Waals surface area contributed by atoms with E-state index in [1.807, 2.05) is 0 Å². The predicted molar refractivity (Wildman–Crippen MR) is 75.2 cm³/mol. The van der Waals surface area contributed by atoms with E-state index in [1.165, 1.54) is 0 Å². The van der Waals surface area contributed by atoms with Gasteiger partial charge in [-0.2, -0.15) is 18.2 Å². The minimum atomic E-state index is -4.87. The molecule has 22 heavy (non-hydrogen) atoms. The fourth-order valence-corrected chi connectivity index (χ4v) is 1.59. The van der Waals surface area contributed by atoms with Crippen molar-refractivity contribution in [2.75, 3.05) is 0 Å². The van der Waals surface area contributed by atoms with Gasteiger partial charge in [0.15, 0.2) is 5.96 Å². The molecule has 4 N–H and O–H groups in total. The summed E-state index contributed by atoms with van der Waals surface area (Å²) in [7, 11) is 0. The highest BCUT2D eigenvalue weighted by molar-refractivity contribution is 6.34. The van der Waals surface area contributed by atoms with Gasteiger partial charge < -0.3 is 16.2 Å². The third-order valence-electron chi connectivity index (χ3n) is 2.09. The molecule has 1 aromatic rings. The minimum absolute atomic E-state index is 0. The first kappa shape index (κ1) is 20.0. The minimum Gasteiger partial charge on any atom is -0.426 e. The number of esters is 1. The Morgan fingerprint density at radius 1 is 1.27 bits per heavy atom. The lowest BCUT2D eigenvalue weighted by Crippen LogP contribution is -2.24. The maximum Gasteiger partial charge on any atom is 0.420 e. The number of alkyl halides is 3. The van der Waals surface area contributed by atoms with E-state index >= 15 is 0 Å². The van der Waals surface area contributed by atoms with Crippen LogP contribution in [-0.2, 0) is 11.0 Å². The van der Waals surface area contributed by atoms with E-state index in [-0.39, 0.29) is 12.4 Å². The van der Waals surface area contributed by atoms with Crippen molar-refractivity contribution < 1.29 is 27.5 Å². The summed E-state index contributed by atoms with van der Waals surface area (Å²) in [5.41, 5.74) is 8.02. The Morgan fingerprint density at radius 2 is 1.82 bits per heavy atom. The van der Waals surface area contributed by atoms with Crippen LogP contribution in [0.3, 0.4) is 0 Å². The van der Waals surface area contributed by atoms with Crippen LogP contribution in [0.1, 0.15) is 22.8 Å². The number of benzene rings is 1. The van der Waals surface area contributed by atoms with Crippen molar-refractivity contribution in [3.8, 4) is 5.75 Å². The van der Waals surface area contributed by atoms with E-state index in [0.717, 1.165) is 6.92 Å². The lowest BCUT2D eigenvalue weighted by molar-refractivity contribution is -0.141. The Hall–Kier alpha value is -2.00. The molecular weight excluding hydrogens is 350 g/mol. The summed E-state index contributed by atoms with van der Waals surface area (Å²) < 4.78 is 43.1. The normalized spacial score (nSPS) is 10.4. The summed E-state index contributed by atoms with van der Waals surface area (Å²) in [6, 6.07) is 1.11. The van der Waals surface area contributed by atoms with Crippen LogP contribution >= 0.6 is 24.0 Å². The molecule has 0 aliphatic carbocycles. The second-order valence-corrected chi connectivity index (χ2v) is 4.17. The van der Waals surface area contributed by atoms with Gasteiger partial charge in [-0.15, -0.1) is 12.4 Å². The fraction of sp³-hybridized carbons (Fsp3) is 0.182. The molecule has 0 aromatic heterocycles. The predicted octanol–water partition coefficient (Wildman–Crippen LogP) is 2.12. The van der Waals surface area contributed by atoms with Crippen LogP contribution in [0.2, 0.25) is 5.02 Å². The molecule has 0 spiro atoms.